The molecule has 0 aliphatic carbocycles. The van der Waals surface area contributed by atoms with Gasteiger partial charge in [0.25, 0.3) is 0 Å². The number of benzene rings is 1. The third-order valence-electron chi connectivity index (χ3n) is 5.35. The van der Waals surface area contributed by atoms with E-state index < -0.39 is 60.1 Å². The Hall–Kier alpha value is -2.20. The molecule has 1 saturated heterocycles. The number of carbonyl (C=O) groups excluding carboxylic acids is 2. The quantitative estimate of drug-likeness (QED) is 0.520. The minimum Gasteiger partial charge on any atom is -0.466 e. The highest BCUT2D eigenvalue weighted by molar-refractivity contribution is 6.62. The number of hydrogen-bond donors (Lipinski definition) is 1. The zero-order chi connectivity index (χ0) is 24.5. The van der Waals surface area contributed by atoms with E-state index in [1.165, 1.54) is 6.07 Å². The summed E-state index contributed by atoms with van der Waals surface area (Å²) in [7, 11) is -0.960. The van der Waals surface area contributed by atoms with Crippen molar-refractivity contribution in [1.29, 1.82) is 0 Å². The SMILES string of the molecule is CCOC(=O)C[C@H](NC(=O)OC(C)(C)C)c1cc(B2OC(C)(C)C(C)(C)O2)cc(F)c1F. The average Bonchev–Trinajstić information content (AvgIpc) is 2.82. The van der Waals surface area contributed by atoms with Crippen molar-refractivity contribution in [3.05, 3.63) is 29.3 Å². The molecule has 1 fully saturated rings. The maximum Gasteiger partial charge on any atom is 0.494 e. The van der Waals surface area contributed by atoms with Crippen molar-refractivity contribution in [3.63, 3.8) is 0 Å². The van der Waals surface area contributed by atoms with Crippen LogP contribution in [0.4, 0.5) is 13.6 Å². The number of carbonyl (C=O) groups is 2. The Morgan fingerprint density at radius 1 is 1.12 bits per heavy atom. The Morgan fingerprint density at radius 3 is 2.19 bits per heavy atom. The zero-order valence-corrected chi connectivity index (χ0v) is 19.9. The van der Waals surface area contributed by atoms with E-state index in [0.29, 0.717) is 0 Å². The van der Waals surface area contributed by atoms with Gasteiger partial charge in [-0.1, -0.05) is 6.07 Å². The number of rotatable bonds is 6. The van der Waals surface area contributed by atoms with Gasteiger partial charge in [0.2, 0.25) is 0 Å². The molecule has 1 N–H and O–H groups in total. The lowest BCUT2D eigenvalue weighted by Crippen LogP contribution is -2.41. The van der Waals surface area contributed by atoms with Crippen LogP contribution in [-0.4, -0.2) is 42.6 Å². The maximum atomic E-state index is 14.8. The van der Waals surface area contributed by atoms with E-state index in [-0.39, 0.29) is 17.6 Å². The first-order valence-electron chi connectivity index (χ1n) is 10.6. The molecule has 0 unspecified atom stereocenters. The second-order valence-corrected chi connectivity index (χ2v) is 9.70. The van der Waals surface area contributed by atoms with Crippen molar-refractivity contribution in [2.75, 3.05) is 6.61 Å². The second-order valence-electron chi connectivity index (χ2n) is 9.70. The third kappa shape index (κ3) is 6.19. The van der Waals surface area contributed by atoms with Gasteiger partial charge < -0.3 is 24.1 Å². The molecule has 10 heteroatoms. The second kappa shape index (κ2) is 9.35. The summed E-state index contributed by atoms with van der Waals surface area (Å²) in [5.74, 6) is -3.04. The first-order chi connectivity index (χ1) is 14.6. The summed E-state index contributed by atoms with van der Waals surface area (Å²) < 4.78 is 51.4. The van der Waals surface area contributed by atoms with E-state index in [2.05, 4.69) is 5.32 Å². The van der Waals surface area contributed by atoms with Gasteiger partial charge in [-0.05, 0) is 66.9 Å². The predicted octanol–water partition coefficient (Wildman–Crippen LogP) is 3.78. The summed E-state index contributed by atoms with van der Waals surface area (Å²) in [5.41, 5.74) is -2.23. The molecule has 7 nitrogen and oxygen atoms in total. The van der Waals surface area contributed by atoms with Crippen LogP contribution in [0.1, 0.15) is 73.4 Å². The molecule has 1 aliphatic heterocycles. The lowest BCUT2D eigenvalue weighted by atomic mass is 9.77. The number of amides is 1. The van der Waals surface area contributed by atoms with Crippen molar-refractivity contribution < 1.29 is 37.2 Å². The third-order valence-corrected chi connectivity index (χ3v) is 5.35. The van der Waals surface area contributed by atoms with Gasteiger partial charge in [-0.15, -0.1) is 0 Å². The molecular weight excluding hydrogens is 423 g/mol. The van der Waals surface area contributed by atoms with Crippen LogP contribution in [-0.2, 0) is 23.6 Å². The summed E-state index contributed by atoms with van der Waals surface area (Å²) in [6.07, 6.45) is -1.30. The normalized spacial score (nSPS) is 18.2. The van der Waals surface area contributed by atoms with Crippen LogP contribution in [0.25, 0.3) is 0 Å². The van der Waals surface area contributed by atoms with Crippen LogP contribution < -0.4 is 10.8 Å². The number of esters is 1. The molecule has 1 aromatic rings. The minimum atomic E-state index is -1.24. The Kier molecular flexibility index (Phi) is 7.61. The molecule has 2 rings (SSSR count). The van der Waals surface area contributed by atoms with E-state index in [1.807, 2.05) is 27.7 Å². The molecule has 178 valence electrons. The van der Waals surface area contributed by atoms with Gasteiger partial charge in [-0.3, -0.25) is 4.79 Å². The van der Waals surface area contributed by atoms with Crippen LogP contribution in [0.15, 0.2) is 12.1 Å². The first kappa shape index (κ1) is 26.1. The lowest BCUT2D eigenvalue weighted by Gasteiger charge is -2.32. The Labute approximate surface area is 188 Å². The fourth-order valence-electron chi connectivity index (χ4n) is 3.08. The largest absolute Gasteiger partial charge is 0.494 e. The van der Waals surface area contributed by atoms with Crippen LogP contribution in [0, 0.1) is 11.6 Å². The topological polar surface area (TPSA) is 83.1 Å². The van der Waals surface area contributed by atoms with Crippen LogP contribution in [0.5, 0.6) is 0 Å². The van der Waals surface area contributed by atoms with E-state index in [9.17, 15) is 18.4 Å². The smallest absolute Gasteiger partial charge is 0.466 e. The number of alkyl carbamates (subject to hydrolysis) is 1. The molecule has 0 radical (unpaired) electrons. The van der Waals surface area contributed by atoms with Gasteiger partial charge >= 0.3 is 19.2 Å². The van der Waals surface area contributed by atoms with Crippen molar-refractivity contribution in [2.45, 2.75) is 84.7 Å². The van der Waals surface area contributed by atoms with Crippen LogP contribution in [0.2, 0.25) is 0 Å². The molecule has 1 heterocycles. The van der Waals surface area contributed by atoms with Gasteiger partial charge in [0.05, 0.1) is 30.3 Å². The summed E-state index contributed by atoms with van der Waals surface area (Å²) in [6, 6.07) is 1.07. The van der Waals surface area contributed by atoms with Crippen molar-refractivity contribution in [2.24, 2.45) is 0 Å². The van der Waals surface area contributed by atoms with Crippen molar-refractivity contribution in [1.82, 2.24) is 5.32 Å². The summed E-state index contributed by atoms with van der Waals surface area (Å²) in [6.45, 7) is 14.0. The van der Waals surface area contributed by atoms with Gasteiger partial charge in [-0.2, -0.15) is 0 Å². The van der Waals surface area contributed by atoms with E-state index in [0.717, 1.165) is 6.07 Å². The number of ether oxygens (including phenoxy) is 2. The standard InChI is InChI=1S/C22H32BF2NO6/c1-9-29-17(27)12-16(26-19(28)30-20(2,3)4)14-10-13(11-15(24)18(14)25)23-31-21(5,6)22(7,8)32-23/h10-11,16H,9,12H2,1-8H3,(H,26,28)/t16-/m0/s1. The Morgan fingerprint density at radius 2 is 1.69 bits per heavy atom. The molecule has 0 bridgehead atoms. The highest BCUT2D eigenvalue weighted by Gasteiger charge is 2.52. The van der Waals surface area contributed by atoms with Crippen LogP contribution >= 0.6 is 0 Å². The van der Waals surface area contributed by atoms with E-state index >= 15 is 0 Å². The van der Waals surface area contributed by atoms with Gasteiger partial charge in [-0.25, -0.2) is 13.6 Å². The molecule has 32 heavy (non-hydrogen) atoms. The van der Waals surface area contributed by atoms with Gasteiger partial charge in [0.15, 0.2) is 11.6 Å². The van der Waals surface area contributed by atoms with Crippen molar-refractivity contribution in [3.8, 4) is 0 Å². The van der Waals surface area contributed by atoms with Gasteiger partial charge in [0.1, 0.15) is 5.60 Å². The highest BCUT2D eigenvalue weighted by Crippen LogP contribution is 2.37. The molecule has 1 aromatic carbocycles. The first-order valence-corrected chi connectivity index (χ1v) is 10.6. The maximum absolute atomic E-state index is 14.8. The van der Waals surface area contributed by atoms with E-state index in [4.69, 9.17) is 18.8 Å². The number of nitrogens with one attached hydrogen (secondary N) is 1. The zero-order valence-electron chi connectivity index (χ0n) is 19.9. The monoisotopic (exact) mass is 455 g/mol. The number of hydrogen-bond acceptors (Lipinski definition) is 6. The predicted molar refractivity (Wildman–Crippen MR) is 115 cm³/mol. The highest BCUT2D eigenvalue weighted by atomic mass is 19.2. The fraction of sp³-hybridized carbons (Fsp3) is 0.636. The molecule has 1 atom stereocenters. The molecule has 0 saturated carbocycles. The van der Waals surface area contributed by atoms with Gasteiger partial charge in [0, 0.05) is 5.56 Å². The summed E-state index contributed by atoms with van der Waals surface area (Å²) in [5, 5.41) is 2.45. The molecule has 1 aliphatic rings. The summed E-state index contributed by atoms with van der Waals surface area (Å²) >= 11 is 0. The molecular formula is C22H32BF2NO6. The molecule has 0 aromatic heterocycles. The average molecular weight is 455 g/mol. The Balaban J connectivity index is 2.43. The fourth-order valence-corrected chi connectivity index (χ4v) is 3.08. The van der Waals surface area contributed by atoms with Crippen molar-refractivity contribution >= 4 is 24.6 Å². The number of halogens is 2. The minimum absolute atomic E-state index is 0.1000. The Bertz CT molecular complexity index is 853. The van der Waals surface area contributed by atoms with Crippen LogP contribution in [0.3, 0.4) is 0 Å². The molecule has 1 amide bonds. The summed E-state index contributed by atoms with van der Waals surface area (Å²) in [4.78, 5) is 24.5. The van der Waals surface area contributed by atoms with E-state index in [1.54, 1.807) is 27.7 Å². The lowest BCUT2D eigenvalue weighted by molar-refractivity contribution is -0.143. The molecule has 0 spiro atoms.